The van der Waals surface area contributed by atoms with E-state index in [-0.39, 0.29) is 12.1 Å². The molecular formula is C22H18Br2NO4P. The third kappa shape index (κ3) is 4.12. The van der Waals surface area contributed by atoms with Gasteiger partial charge >= 0.3 is 0 Å². The van der Waals surface area contributed by atoms with Crippen LogP contribution in [0.4, 0.5) is 5.69 Å². The lowest BCUT2D eigenvalue weighted by atomic mass is 9.98. The van der Waals surface area contributed by atoms with Crippen LogP contribution in [-0.4, -0.2) is 17.0 Å². The number of furan rings is 1. The van der Waals surface area contributed by atoms with Crippen molar-refractivity contribution in [3.8, 4) is 0 Å². The molecule has 8 heteroatoms. The van der Waals surface area contributed by atoms with Crippen molar-refractivity contribution in [2.75, 3.05) is 11.5 Å². The van der Waals surface area contributed by atoms with Gasteiger partial charge in [0.2, 0.25) is 5.91 Å². The average Bonchev–Trinajstić information content (AvgIpc) is 3.13. The van der Waals surface area contributed by atoms with Gasteiger partial charge in [0.25, 0.3) is 0 Å². The van der Waals surface area contributed by atoms with Crippen molar-refractivity contribution >= 4 is 73.2 Å². The molecular weight excluding hydrogens is 533 g/mol. The summed E-state index contributed by atoms with van der Waals surface area (Å²) in [6.45, 7) is 1.94. The highest BCUT2D eigenvalue weighted by Crippen LogP contribution is 2.40. The van der Waals surface area contributed by atoms with Crippen molar-refractivity contribution in [3.63, 3.8) is 0 Å². The summed E-state index contributed by atoms with van der Waals surface area (Å²) in [5.74, 6) is -1.18. The SMILES string of the molecule is Cc1c(Br)cc2c(C(C[PH](=O)O)C(=O)Nc3ccc4ccccc4c3)coc2c1Br. The summed E-state index contributed by atoms with van der Waals surface area (Å²) in [6, 6.07) is 15.4. The van der Waals surface area contributed by atoms with E-state index >= 15 is 0 Å². The van der Waals surface area contributed by atoms with Gasteiger partial charge in [-0.15, -0.1) is 0 Å². The molecule has 3 aromatic carbocycles. The fourth-order valence-corrected chi connectivity index (χ4v) is 5.46. The molecule has 2 unspecified atom stereocenters. The standard InChI is InChI=1S/C22H18Br2NO4P/c1-12-19(23)9-16-17(10-29-21(16)20(12)24)18(11-30(27)28)22(26)25-15-7-6-13-4-2-3-5-14(13)8-15/h2-10,18,30H,11H2,1H3,(H,25,26)(H,27,28). The van der Waals surface area contributed by atoms with Gasteiger partial charge < -0.3 is 14.6 Å². The van der Waals surface area contributed by atoms with Gasteiger partial charge in [0.15, 0.2) is 8.03 Å². The van der Waals surface area contributed by atoms with E-state index in [2.05, 4.69) is 37.2 Å². The van der Waals surface area contributed by atoms with Crippen LogP contribution in [0, 0.1) is 6.92 Å². The highest BCUT2D eigenvalue weighted by molar-refractivity contribution is 9.11. The van der Waals surface area contributed by atoms with Crippen LogP contribution < -0.4 is 5.32 Å². The first-order valence-corrected chi connectivity index (χ1v) is 12.4. The van der Waals surface area contributed by atoms with Crippen LogP contribution >= 0.6 is 39.9 Å². The second-order valence-corrected chi connectivity index (χ2v) is 9.91. The van der Waals surface area contributed by atoms with Crippen LogP contribution in [0.2, 0.25) is 0 Å². The Morgan fingerprint density at radius 1 is 1.17 bits per heavy atom. The zero-order valence-corrected chi connectivity index (χ0v) is 20.1. The minimum atomic E-state index is -2.90. The van der Waals surface area contributed by atoms with E-state index < -0.39 is 13.9 Å². The number of anilines is 1. The summed E-state index contributed by atoms with van der Waals surface area (Å²) < 4.78 is 19.1. The summed E-state index contributed by atoms with van der Waals surface area (Å²) in [5.41, 5.74) is 2.78. The second-order valence-electron chi connectivity index (χ2n) is 7.07. The molecule has 4 rings (SSSR count). The normalized spacial score (nSPS) is 13.5. The van der Waals surface area contributed by atoms with Crippen LogP contribution in [0.25, 0.3) is 21.7 Å². The van der Waals surface area contributed by atoms with Gasteiger partial charge in [-0.2, -0.15) is 0 Å². The number of carbonyl (C=O) groups is 1. The zero-order valence-electron chi connectivity index (χ0n) is 15.9. The molecule has 0 aliphatic heterocycles. The second kappa shape index (κ2) is 8.67. The Kier molecular flexibility index (Phi) is 6.16. The number of amides is 1. The fourth-order valence-electron chi connectivity index (χ4n) is 3.49. The Balaban J connectivity index is 1.72. The zero-order chi connectivity index (χ0) is 21.4. The number of halogens is 2. The number of carbonyl (C=O) groups excluding carboxylic acids is 1. The molecule has 4 aromatic rings. The Morgan fingerprint density at radius 2 is 1.90 bits per heavy atom. The number of rotatable bonds is 5. The number of nitrogens with one attached hydrogen (secondary N) is 1. The lowest BCUT2D eigenvalue weighted by molar-refractivity contribution is -0.117. The summed E-state index contributed by atoms with van der Waals surface area (Å²) in [5, 5.41) is 5.69. The van der Waals surface area contributed by atoms with E-state index in [9.17, 15) is 14.3 Å². The topological polar surface area (TPSA) is 79.5 Å². The quantitative estimate of drug-likeness (QED) is 0.274. The number of hydrogen-bond donors (Lipinski definition) is 2. The van der Waals surface area contributed by atoms with E-state index in [0.29, 0.717) is 16.8 Å². The molecule has 0 spiro atoms. The van der Waals surface area contributed by atoms with E-state index in [1.165, 1.54) is 6.26 Å². The summed E-state index contributed by atoms with van der Waals surface area (Å²) >= 11 is 7.05. The third-order valence-corrected chi connectivity index (χ3v) is 7.64. The van der Waals surface area contributed by atoms with Crippen LogP contribution in [0.3, 0.4) is 0 Å². The Hall–Kier alpha value is -1.92. The molecule has 1 amide bonds. The predicted octanol–water partition coefficient (Wildman–Crippen LogP) is 6.61. The van der Waals surface area contributed by atoms with Crippen molar-refractivity contribution < 1.29 is 18.7 Å². The largest absolute Gasteiger partial charge is 0.463 e. The van der Waals surface area contributed by atoms with Crippen LogP contribution in [-0.2, 0) is 9.36 Å². The van der Waals surface area contributed by atoms with Gasteiger partial charge in [0, 0.05) is 27.3 Å². The van der Waals surface area contributed by atoms with Gasteiger partial charge in [-0.3, -0.25) is 9.36 Å². The van der Waals surface area contributed by atoms with E-state index in [0.717, 1.165) is 30.7 Å². The Labute approximate surface area is 190 Å². The minimum Gasteiger partial charge on any atom is -0.463 e. The van der Waals surface area contributed by atoms with Gasteiger partial charge in [-0.05, 0) is 57.4 Å². The molecule has 30 heavy (non-hydrogen) atoms. The molecule has 0 fully saturated rings. The van der Waals surface area contributed by atoms with E-state index in [1.54, 1.807) is 0 Å². The van der Waals surface area contributed by atoms with Crippen molar-refractivity contribution in [2.24, 2.45) is 0 Å². The van der Waals surface area contributed by atoms with Crippen LogP contribution in [0.1, 0.15) is 17.0 Å². The molecule has 0 saturated heterocycles. The highest BCUT2D eigenvalue weighted by atomic mass is 79.9. The Bertz CT molecular complexity index is 1300. The van der Waals surface area contributed by atoms with E-state index in [1.807, 2.05) is 55.5 Å². The summed E-state index contributed by atoms with van der Waals surface area (Å²) in [7, 11) is -2.90. The molecule has 154 valence electrons. The molecule has 0 saturated carbocycles. The van der Waals surface area contributed by atoms with Crippen LogP contribution in [0.5, 0.6) is 0 Å². The molecule has 1 heterocycles. The molecule has 5 nitrogen and oxygen atoms in total. The number of benzene rings is 3. The maximum Gasteiger partial charge on any atom is 0.232 e. The smallest absolute Gasteiger partial charge is 0.232 e. The minimum absolute atomic E-state index is 0.165. The first-order valence-electron chi connectivity index (χ1n) is 9.22. The predicted molar refractivity (Wildman–Crippen MR) is 128 cm³/mol. The first kappa shape index (κ1) is 21.3. The summed E-state index contributed by atoms with van der Waals surface area (Å²) in [6.07, 6.45) is 1.33. The van der Waals surface area contributed by atoms with Gasteiger partial charge in [-0.25, -0.2) is 0 Å². The first-order chi connectivity index (χ1) is 14.3. The van der Waals surface area contributed by atoms with Crippen LogP contribution in [0.15, 0.2) is 68.2 Å². The number of fused-ring (bicyclic) bond motifs is 2. The van der Waals surface area contributed by atoms with E-state index in [4.69, 9.17) is 4.42 Å². The van der Waals surface area contributed by atoms with Crippen molar-refractivity contribution in [1.82, 2.24) is 0 Å². The average molecular weight is 551 g/mol. The number of hydrogen-bond acceptors (Lipinski definition) is 3. The third-order valence-electron chi connectivity index (χ3n) is 5.10. The van der Waals surface area contributed by atoms with Gasteiger partial charge in [0.1, 0.15) is 5.58 Å². The highest BCUT2D eigenvalue weighted by Gasteiger charge is 2.27. The fraction of sp³-hybridized carbons (Fsp3) is 0.136. The Morgan fingerprint density at radius 3 is 2.63 bits per heavy atom. The molecule has 0 radical (unpaired) electrons. The monoisotopic (exact) mass is 549 g/mol. The van der Waals surface area contributed by atoms with Gasteiger partial charge in [0.05, 0.1) is 16.7 Å². The molecule has 1 aromatic heterocycles. The van der Waals surface area contributed by atoms with Crippen molar-refractivity contribution in [2.45, 2.75) is 12.8 Å². The lowest BCUT2D eigenvalue weighted by Crippen LogP contribution is -2.23. The molecule has 0 aliphatic rings. The molecule has 0 aliphatic carbocycles. The summed E-state index contributed by atoms with van der Waals surface area (Å²) in [4.78, 5) is 22.8. The van der Waals surface area contributed by atoms with Gasteiger partial charge in [-0.1, -0.05) is 46.3 Å². The lowest BCUT2D eigenvalue weighted by Gasteiger charge is -2.15. The van der Waals surface area contributed by atoms with Crippen molar-refractivity contribution in [1.29, 1.82) is 0 Å². The maximum absolute atomic E-state index is 13.2. The molecule has 0 bridgehead atoms. The molecule has 2 N–H and O–H groups in total. The maximum atomic E-state index is 13.2. The molecule has 2 atom stereocenters. The van der Waals surface area contributed by atoms with Crippen molar-refractivity contribution in [3.05, 3.63) is 74.9 Å².